The van der Waals surface area contributed by atoms with Crippen molar-refractivity contribution >= 4 is 17.7 Å². The van der Waals surface area contributed by atoms with Crippen LogP contribution in [0.15, 0.2) is 36.5 Å². The van der Waals surface area contributed by atoms with Crippen LogP contribution in [0.1, 0.15) is 45.2 Å². The molecule has 3 aromatic rings. The van der Waals surface area contributed by atoms with Gasteiger partial charge >= 0.3 is 12.1 Å². The Morgan fingerprint density at radius 2 is 1.85 bits per heavy atom. The van der Waals surface area contributed by atoms with Gasteiger partial charge in [0.05, 0.1) is 12.8 Å². The number of methoxy groups -OCH3 is 1. The second kappa shape index (κ2) is 9.39. The van der Waals surface area contributed by atoms with Crippen LogP contribution >= 0.6 is 11.6 Å². The minimum Gasteiger partial charge on any atom is -0.467 e. The SMILES string of the molecule is COc1nccc(-c2c(-c3ccc(Cl)cc3)n[nH]c2C2CCN(C(=O)OC(C)(C)C)CC2)n1. The number of rotatable bonds is 4. The van der Waals surface area contributed by atoms with Crippen LogP contribution in [-0.2, 0) is 4.74 Å². The molecule has 1 saturated heterocycles. The van der Waals surface area contributed by atoms with Gasteiger partial charge in [-0.05, 0) is 51.8 Å². The summed E-state index contributed by atoms with van der Waals surface area (Å²) in [5.41, 5.74) is 3.84. The number of hydrogen-bond donors (Lipinski definition) is 1. The fraction of sp³-hybridized carbons (Fsp3) is 0.417. The van der Waals surface area contributed by atoms with E-state index >= 15 is 0 Å². The molecule has 33 heavy (non-hydrogen) atoms. The number of nitrogens with one attached hydrogen (secondary N) is 1. The van der Waals surface area contributed by atoms with Crippen LogP contribution < -0.4 is 4.74 Å². The lowest BCUT2D eigenvalue weighted by Gasteiger charge is -2.33. The van der Waals surface area contributed by atoms with E-state index in [9.17, 15) is 4.79 Å². The fourth-order valence-electron chi connectivity index (χ4n) is 3.98. The summed E-state index contributed by atoms with van der Waals surface area (Å²) in [6, 6.07) is 9.71. The van der Waals surface area contributed by atoms with Crippen LogP contribution in [0.25, 0.3) is 22.5 Å². The van der Waals surface area contributed by atoms with Gasteiger partial charge in [-0.15, -0.1) is 0 Å². The number of nitrogens with zero attached hydrogens (tertiary/aromatic N) is 4. The van der Waals surface area contributed by atoms with Crippen molar-refractivity contribution in [3.63, 3.8) is 0 Å². The van der Waals surface area contributed by atoms with Crippen LogP contribution in [0.5, 0.6) is 6.01 Å². The summed E-state index contributed by atoms with van der Waals surface area (Å²) < 4.78 is 10.8. The Labute approximate surface area is 198 Å². The molecular weight excluding hydrogens is 442 g/mol. The zero-order valence-electron chi connectivity index (χ0n) is 19.3. The Hall–Kier alpha value is -3.13. The second-order valence-corrected chi connectivity index (χ2v) is 9.47. The maximum absolute atomic E-state index is 12.5. The summed E-state index contributed by atoms with van der Waals surface area (Å²) in [6.07, 6.45) is 2.98. The van der Waals surface area contributed by atoms with Gasteiger partial charge in [0, 0.05) is 47.0 Å². The van der Waals surface area contributed by atoms with Crippen molar-refractivity contribution in [2.45, 2.75) is 45.1 Å². The third kappa shape index (κ3) is 5.27. The van der Waals surface area contributed by atoms with E-state index in [0.717, 1.165) is 41.1 Å². The van der Waals surface area contributed by atoms with Crippen molar-refractivity contribution in [3.05, 3.63) is 47.2 Å². The zero-order valence-corrected chi connectivity index (χ0v) is 20.0. The Kier molecular flexibility index (Phi) is 6.56. The van der Waals surface area contributed by atoms with Gasteiger partial charge < -0.3 is 14.4 Å². The van der Waals surface area contributed by atoms with Crippen LogP contribution in [-0.4, -0.2) is 57.0 Å². The number of aromatic nitrogens is 4. The van der Waals surface area contributed by atoms with E-state index in [4.69, 9.17) is 21.1 Å². The molecule has 1 amide bonds. The molecule has 1 aromatic carbocycles. The Morgan fingerprint density at radius 1 is 1.15 bits per heavy atom. The number of piperidine rings is 1. The topological polar surface area (TPSA) is 93.2 Å². The molecule has 0 aliphatic carbocycles. The number of carbonyl (C=O) groups is 1. The number of carbonyl (C=O) groups excluding carboxylic acids is 1. The number of amides is 1. The number of halogens is 1. The molecule has 1 aliphatic rings. The Morgan fingerprint density at radius 3 is 2.48 bits per heavy atom. The van der Waals surface area contributed by atoms with Crippen LogP contribution in [0.3, 0.4) is 0 Å². The third-order valence-electron chi connectivity index (χ3n) is 5.54. The van der Waals surface area contributed by atoms with Gasteiger partial charge in [0.1, 0.15) is 11.3 Å². The molecule has 1 N–H and O–H groups in total. The number of hydrogen-bond acceptors (Lipinski definition) is 6. The van der Waals surface area contributed by atoms with Crippen molar-refractivity contribution in [2.75, 3.05) is 20.2 Å². The van der Waals surface area contributed by atoms with E-state index in [0.29, 0.717) is 24.1 Å². The maximum Gasteiger partial charge on any atom is 0.410 e. The Bertz CT molecular complexity index is 1120. The first-order chi connectivity index (χ1) is 15.7. The molecule has 0 bridgehead atoms. The molecule has 1 aliphatic heterocycles. The summed E-state index contributed by atoms with van der Waals surface area (Å²) in [7, 11) is 1.54. The minimum atomic E-state index is -0.510. The van der Waals surface area contributed by atoms with Crippen molar-refractivity contribution in [2.24, 2.45) is 0 Å². The van der Waals surface area contributed by atoms with Gasteiger partial charge in [-0.2, -0.15) is 10.1 Å². The summed E-state index contributed by atoms with van der Waals surface area (Å²) >= 11 is 6.09. The summed E-state index contributed by atoms with van der Waals surface area (Å²) in [5, 5.41) is 8.57. The maximum atomic E-state index is 12.5. The molecule has 0 unspecified atom stereocenters. The highest BCUT2D eigenvalue weighted by Crippen LogP contribution is 2.39. The van der Waals surface area contributed by atoms with Crippen LogP contribution in [0.4, 0.5) is 4.79 Å². The minimum absolute atomic E-state index is 0.188. The number of likely N-dealkylation sites (tertiary alicyclic amines) is 1. The first-order valence-corrected chi connectivity index (χ1v) is 11.3. The highest BCUT2D eigenvalue weighted by atomic mass is 35.5. The smallest absolute Gasteiger partial charge is 0.410 e. The fourth-order valence-corrected chi connectivity index (χ4v) is 4.11. The second-order valence-electron chi connectivity index (χ2n) is 9.04. The molecule has 3 heterocycles. The summed E-state index contributed by atoms with van der Waals surface area (Å²) in [6.45, 7) is 6.86. The lowest BCUT2D eigenvalue weighted by molar-refractivity contribution is 0.0204. The number of benzene rings is 1. The lowest BCUT2D eigenvalue weighted by atomic mass is 9.89. The number of ether oxygens (including phenoxy) is 2. The normalized spacial score (nSPS) is 14.9. The van der Waals surface area contributed by atoms with Gasteiger partial charge in [0.25, 0.3) is 0 Å². The molecule has 0 atom stereocenters. The molecular formula is C24H28ClN5O3. The average molecular weight is 470 g/mol. The first kappa shape index (κ1) is 23.0. The molecule has 4 rings (SSSR count). The third-order valence-corrected chi connectivity index (χ3v) is 5.79. The average Bonchev–Trinajstić information content (AvgIpc) is 3.24. The molecule has 1 fully saturated rings. The first-order valence-electron chi connectivity index (χ1n) is 10.9. The van der Waals surface area contributed by atoms with Crippen LogP contribution in [0, 0.1) is 0 Å². The predicted molar refractivity (Wildman–Crippen MR) is 126 cm³/mol. The molecule has 2 aromatic heterocycles. The van der Waals surface area contributed by atoms with Gasteiger partial charge in [-0.25, -0.2) is 9.78 Å². The molecule has 8 nitrogen and oxygen atoms in total. The van der Waals surface area contributed by atoms with E-state index in [1.165, 1.54) is 0 Å². The molecule has 9 heteroatoms. The molecule has 0 radical (unpaired) electrons. The molecule has 174 valence electrons. The molecule has 0 spiro atoms. The van der Waals surface area contributed by atoms with E-state index < -0.39 is 5.60 Å². The van der Waals surface area contributed by atoms with E-state index in [1.54, 1.807) is 18.2 Å². The predicted octanol–water partition coefficient (Wildman–Crippen LogP) is 5.31. The Balaban J connectivity index is 1.65. The van der Waals surface area contributed by atoms with E-state index in [2.05, 4.69) is 20.2 Å². The summed E-state index contributed by atoms with van der Waals surface area (Å²) in [5.74, 6) is 0.188. The van der Waals surface area contributed by atoms with Crippen molar-refractivity contribution in [3.8, 4) is 28.5 Å². The molecule has 0 saturated carbocycles. The number of H-pyrrole nitrogens is 1. The lowest BCUT2D eigenvalue weighted by Crippen LogP contribution is -2.41. The monoisotopic (exact) mass is 469 g/mol. The van der Waals surface area contributed by atoms with Gasteiger partial charge in [-0.3, -0.25) is 5.10 Å². The van der Waals surface area contributed by atoms with Gasteiger partial charge in [-0.1, -0.05) is 23.7 Å². The van der Waals surface area contributed by atoms with Crippen molar-refractivity contribution in [1.29, 1.82) is 0 Å². The van der Waals surface area contributed by atoms with Crippen LogP contribution in [0.2, 0.25) is 5.02 Å². The van der Waals surface area contributed by atoms with Crippen molar-refractivity contribution < 1.29 is 14.3 Å². The quantitative estimate of drug-likeness (QED) is 0.556. The van der Waals surface area contributed by atoms with Gasteiger partial charge in [0.15, 0.2) is 0 Å². The number of aromatic amines is 1. The van der Waals surface area contributed by atoms with E-state index in [-0.39, 0.29) is 12.0 Å². The van der Waals surface area contributed by atoms with E-state index in [1.807, 2.05) is 51.1 Å². The van der Waals surface area contributed by atoms with Gasteiger partial charge in [0.2, 0.25) is 0 Å². The van der Waals surface area contributed by atoms with Crippen molar-refractivity contribution in [1.82, 2.24) is 25.1 Å². The zero-order chi connectivity index (χ0) is 23.6. The highest BCUT2D eigenvalue weighted by Gasteiger charge is 2.31. The highest BCUT2D eigenvalue weighted by molar-refractivity contribution is 6.30. The standard InChI is InChI=1S/C24H28ClN5O3/c1-24(2,3)33-23(31)30-13-10-16(11-14-30)21-19(18-9-12-26-22(27-18)32-4)20(28-29-21)15-5-7-17(25)8-6-15/h5-9,12,16H,10-11,13-14H2,1-4H3,(H,28,29). The summed E-state index contributed by atoms with van der Waals surface area (Å²) in [4.78, 5) is 23.0. The largest absolute Gasteiger partial charge is 0.467 e.